The molecule has 2 aliphatic rings. The average Bonchev–Trinajstić information content (AvgIpc) is 3.18. The van der Waals surface area contributed by atoms with Gasteiger partial charge in [0.2, 0.25) is 0 Å². The van der Waals surface area contributed by atoms with E-state index in [0.29, 0.717) is 24.8 Å². The van der Waals surface area contributed by atoms with Crippen molar-refractivity contribution in [2.75, 3.05) is 32.6 Å². The molecule has 0 bridgehead atoms. The maximum absolute atomic E-state index is 12.5. The zero-order chi connectivity index (χ0) is 15.4. The zero-order valence-electron chi connectivity index (χ0n) is 12.7. The number of carbonyl (C=O) groups is 2. The maximum Gasteiger partial charge on any atom is 0.327 e. The van der Waals surface area contributed by atoms with Crippen LogP contribution in [0.1, 0.15) is 26.2 Å². The molecule has 0 aromatic heterocycles. The van der Waals surface area contributed by atoms with E-state index in [9.17, 15) is 14.7 Å². The predicted molar refractivity (Wildman–Crippen MR) is 81.4 cm³/mol. The lowest BCUT2D eigenvalue weighted by molar-refractivity contribution is -0.141. The summed E-state index contributed by atoms with van der Waals surface area (Å²) in [6, 6.07) is -0.934. The Morgan fingerprint density at radius 1 is 1.43 bits per heavy atom. The standard InChI is InChI=1S/C14H24N2O4S/c1-3-12-16(11(9-21-12)13(17)18)14(19)15(2)6-7-20-8-10-4-5-10/h10-12H,3-9H2,1-2H3,(H,17,18). The van der Waals surface area contributed by atoms with Crippen molar-refractivity contribution < 1.29 is 19.4 Å². The second-order valence-corrected chi connectivity index (χ2v) is 6.89. The van der Waals surface area contributed by atoms with Gasteiger partial charge in [-0.15, -0.1) is 11.8 Å². The fraction of sp³-hybridized carbons (Fsp3) is 0.857. The van der Waals surface area contributed by atoms with Gasteiger partial charge >= 0.3 is 12.0 Å². The molecule has 0 aromatic rings. The molecule has 2 fully saturated rings. The fourth-order valence-corrected chi connectivity index (χ4v) is 3.69. The van der Waals surface area contributed by atoms with Crippen molar-refractivity contribution in [2.45, 2.75) is 37.6 Å². The van der Waals surface area contributed by atoms with E-state index < -0.39 is 12.0 Å². The summed E-state index contributed by atoms with van der Waals surface area (Å²) in [5.74, 6) is 0.248. The number of carbonyl (C=O) groups excluding carboxylic acids is 1. The van der Waals surface area contributed by atoms with Crippen LogP contribution < -0.4 is 0 Å². The van der Waals surface area contributed by atoms with Crippen molar-refractivity contribution in [2.24, 2.45) is 5.92 Å². The number of ether oxygens (including phenoxy) is 1. The SMILES string of the molecule is CCC1SCC(C(=O)O)N1C(=O)N(C)CCOCC1CC1. The summed E-state index contributed by atoms with van der Waals surface area (Å²) in [6.45, 7) is 3.75. The Balaban J connectivity index is 1.83. The molecule has 1 saturated heterocycles. The van der Waals surface area contributed by atoms with Crippen molar-refractivity contribution >= 4 is 23.8 Å². The molecular weight excluding hydrogens is 292 g/mol. The van der Waals surface area contributed by atoms with Gasteiger partial charge in [0, 0.05) is 26.0 Å². The first-order valence-corrected chi connectivity index (χ1v) is 8.55. The smallest absolute Gasteiger partial charge is 0.327 e. The third-order valence-corrected chi connectivity index (χ3v) is 5.35. The summed E-state index contributed by atoms with van der Waals surface area (Å²) >= 11 is 1.54. The molecule has 2 unspecified atom stereocenters. The van der Waals surface area contributed by atoms with Crippen LogP contribution in [0.4, 0.5) is 4.79 Å². The molecule has 1 saturated carbocycles. The summed E-state index contributed by atoms with van der Waals surface area (Å²) in [7, 11) is 1.71. The number of aliphatic carboxylic acids is 1. The third-order valence-electron chi connectivity index (χ3n) is 3.90. The minimum Gasteiger partial charge on any atom is -0.480 e. The van der Waals surface area contributed by atoms with Crippen molar-refractivity contribution in [1.82, 2.24) is 9.80 Å². The molecule has 0 spiro atoms. The number of carboxylic acids is 1. The summed E-state index contributed by atoms with van der Waals surface area (Å²) in [5, 5.41) is 9.21. The predicted octanol–water partition coefficient (Wildman–Crippen LogP) is 1.70. The lowest BCUT2D eigenvalue weighted by Crippen LogP contribution is -2.51. The van der Waals surface area contributed by atoms with Crippen LogP contribution in [0, 0.1) is 5.92 Å². The highest BCUT2D eigenvalue weighted by atomic mass is 32.2. The van der Waals surface area contributed by atoms with E-state index >= 15 is 0 Å². The molecule has 2 rings (SSSR count). The van der Waals surface area contributed by atoms with Crippen molar-refractivity contribution in [3.8, 4) is 0 Å². The number of hydrogen-bond donors (Lipinski definition) is 1. The summed E-state index contributed by atoms with van der Waals surface area (Å²) in [6.07, 6.45) is 3.25. The van der Waals surface area contributed by atoms with Crippen LogP contribution in [0.15, 0.2) is 0 Å². The number of thioether (sulfide) groups is 1. The molecule has 7 heteroatoms. The Kier molecular flexibility index (Phi) is 5.75. The van der Waals surface area contributed by atoms with E-state index in [-0.39, 0.29) is 11.4 Å². The van der Waals surface area contributed by atoms with Crippen LogP contribution in [-0.4, -0.2) is 70.9 Å². The number of rotatable bonds is 7. The monoisotopic (exact) mass is 316 g/mol. The van der Waals surface area contributed by atoms with Gasteiger partial charge in [-0.05, 0) is 25.2 Å². The number of amides is 2. The van der Waals surface area contributed by atoms with Gasteiger partial charge in [0.1, 0.15) is 6.04 Å². The quantitative estimate of drug-likeness (QED) is 0.724. The Morgan fingerprint density at radius 3 is 2.71 bits per heavy atom. The summed E-state index contributed by atoms with van der Waals surface area (Å²) in [5.41, 5.74) is 0. The van der Waals surface area contributed by atoms with Gasteiger partial charge in [0.15, 0.2) is 0 Å². The van der Waals surface area contributed by atoms with E-state index in [0.717, 1.165) is 13.0 Å². The van der Waals surface area contributed by atoms with Crippen LogP contribution >= 0.6 is 11.8 Å². The van der Waals surface area contributed by atoms with Crippen molar-refractivity contribution in [1.29, 1.82) is 0 Å². The van der Waals surface area contributed by atoms with Crippen molar-refractivity contribution in [3.05, 3.63) is 0 Å². The lowest BCUT2D eigenvalue weighted by Gasteiger charge is -2.31. The molecule has 0 aromatic carbocycles. The molecule has 0 radical (unpaired) electrons. The highest BCUT2D eigenvalue weighted by Crippen LogP contribution is 2.32. The van der Waals surface area contributed by atoms with Gasteiger partial charge in [0.25, 0.3) is 0 Å². The van der Waals surface area contributed by atoms with Crippen molar-refractivity contribution in [3.63, 3.8) is 0 Å². The normalized spacial score (nSPS) is 25.1. The second-order valence-electron chi connectivity index (χ2n) is 5.68. The minimum absolute atomic E-state index is 0.0477. The van der Waals surface area contributed by atoms with Gasteiger partial charge in [0.05, 0.1) is 12.0 Å². The molecule has 2 amide bonds. The number of hydrogen-bond acceptors (Lipinski definition) is 4. The van der Waals surface area contributed by atoms with E-state index in [2.05, 4.69) is 0 Å². The Hall–Kier alpha value is -0.950. The molecule has 120 valence electrons. The topological polar surface area (TPSA) is 70.1 Å². The minimum atomic E-state index is -0.926. The van der Waals surface area contributed by atoms with E-state index in [1.165, 1.54) is 29.5 Å². The van der Waals surface area contributed by atoms with Crippen LogP contribution in [0.5, 0.6) is 0 Å². The number of urea groups is 1. The van der Waals surface area contributed by atoms with Crippen LogP contribution in [-0.2, 0) is 9.53 Å². The first kappa shape index (κ1) is 16.4. The fourth-order valence-electron chi connectivity index (χ4n) is 2.35. The first-order chi connectivity index (χ1) is 10.0. The first-order valence-electron chi connectivity index (χ1n) is 7.50. The summed E-state index contributed by atoms with van der Waals surface area (Å²) in [4.78, 5) is 26.9. The zero-order valence-corrected chi connectivity index (χ0v) is 13.5. The second kappa shape index (κ2) is 7.35. The van der Waals surface area contributed by atoms with E-state index in [4.69, 9.17) is 4.74 Å². The molecule has 1 aliphatic carbocycles. The largest absolute Gasteiger partial charge is 0.480 e. The van der Waals surface area contributed by atoms with Gasteiger partial charge in [-0.1, -0.05) is 6.92 Å². The van der Waals surface area contributed by atoms with Crippen LogP contribution in [0.25, 0.3) is 0 Å². The molecule has 2 atom stereocenters. The van der Waals surface area contributed by atoms with Crippen LogP contribution in [0.2, 0.25) is 0 Å². The Morgan fingerprint density at radius 2 is 2.14 bits per heavy atom. The highest BCUT2D eigenvalue weighted by molar-refractivity contribution is 8.00. The van der Waals surface area contributed by atoms with E-state index in [1.807, 2.05) is 6.92 Å². The van der Waals surface area contributed by atoms with Gasteiger partial charge in [-0.3, -0.25) is 4.90 Å². The Bertz CT molecular complexity index is 389. The Labute approximate surface area is 129 Å². The lowest BCUT2D eigenvalue weighted by atomic mass is 10.2. The molecule has 21 heavy (non-hydrogen) atoms. The number of nitrogens with zero attached hydrogens (tertiary/aromatic N) is 2. The third kappa shape index (κ3) is 4.26. The molecule has 6 nitrogen and oxygen atoms in total. The molecule has 1 heterocycles. The number of carboxylic acid groups (broad SMARTS) is 1. The van der Waals surface area contributed by atoms with Gasteiger partial charge in [-0.2, -0.15) is 0 Å². The maximum atomic E-state index is 12.5. The van der Waals surface area contributed by atoms with Gasteiger partial charge in [-0.25, -0.2) is 9.59 Å². The summed E-state index contributed by atoms with van der Waals surface area (Å²) < 4.78 is 5.53. The average molecular weight is 316 g/mol. The molecular formula is C14H24N2O4S. The molecule has 1 N–H and O–H groups in total. The number of likely N-dealkylation sites (N-methyl/N-ethyl adjacent to an activating group) is 1. The van der Waals surface area contributed by atoms with E-state index in [1.54, 1.807) is 11.9 Å². The highest BCUT2D eigenvalue weighted by Gasteiger charge is 2.41. The van der Waals surface area contributed by atoms with Gasteiger partial charge < -0.3 is 14.7 Å². The van der Waals surface area contributed by atoms with Crippen LogP contribution in [0.3, 0.4) is 0 Å². The molecule has 1 aliphatic heterocycles.